The quantitative estimate of drug-likeness (QED) is 0.623. The second-order valence-electron chi connectivity index (χ2n) is 6.47. The predicted octanol–water partition coefficient (Wildman–Crippen LogP) is 3.76. The van der Waals surface area contributed by atoms with Crippen molar-refractivity contribution in [2.24, 2.45) is 0 Å². The Labute approximate surface area is 161 Å². The van der Waals surface area contributed by atoms with Crippen LogP contribution in [0.3, 0.4) is 0 Å². The minimum absolute atomic E-state index is 0.200. The molecule has 0 radical (unpaired) electrons. The maximum Gasteiger partial charge on any atom is 0.405 e. The van der Waals surface area contributed by atoms with E-state index in [1.165, 1.54) is 25.2 Å². The monoisotopic (exact) mass is 413 g/mol. The molecule has 0 saturated heterocycles. The zero-order valence-corrected chi connectivity index (χ0v) is 15.6. The number of hydrogen-bond acceptors (Lipinski definition) is 6. The highest BCUT2D eigenvalue weighted by Crippen LogP contribution is 2.26. The summed E-state index contributed by atoms with van der Waals surface area (Å²) in [5, 5.41) is 4.32. The van der Waals surface area contributed by atoms with E-state index in [0.29, 0.717) is 5.56 Å². The molecule has 1 aromatic carbocycles. The van der Waals surface area contributed by atoms with Gasteiger partial charge in [0.1, 0.15) is 12.1 Å². The van der Waals surface area contributed by atoms with Crippen molar-refractivity contribution in [3.63, 3.8) is 0 Å². The number of rotatable bonds is 5. The normalized spacial score (nSPS) is 12.2. The van der Waals surface area contributed by atoms with Crippen LogP contribution in [0.1, 0.15) is 13.8 Å². The van der Waals surface area contributed by atoms with Crippen molar-refractivity contribution in [3.8, 4) is 11.4 Å². The van der Waals surface area contributed by atoms with Crippen LogP contribution in [0.15, 0.2) is 29.9 Å². The van der Waals surface area contributed by atoms with Crippen molar-refractivity contribution in [2.75, 3.05) is 11.9 Å². The molecule has 28 heavy (non-hydrogen) atoms. The average molecular weight is 413 g/mol. The third kappa shape index (κ3) is 4.53. The highest BCUT2D eigenvalue weighted by atomic mass is 32.1. The highest BCUT2D eigenvalue weighted by molar-refractivity contribution is 7.16. The fraction of sp³-hybridized carbons (Fsp3) is 0.294. The molecule has 2 N–H and O–H groups in total. The van der Waals surface area contributed by atoms with Crippen molar-refractivity contribution in [2.45, 2.75) is 25.6 Å². The van der Waals surface area contributed by atoms with E-state index in [-0.39, 0.29) is 11.6 Å². The summed E-state index contributed by atoms with van der Waals surface area (Å²) in [7, 11) is 0. The number of thiazole rings is 1. The molecule has 0 aliphatic rings. The van der Waals surface area contributed by atoms with Gasteiger partial charge in [-0.15, -0.1) is 11.3 Å². The van der Waals surface area contributed by atoms with Gasteiger partial charge in [-0.1, -0.05) is 0 Å². The number of amides is 1. The first-order valence-electron chi connectivity index (χ1n) is 8.04. The van der Waals surface area contributed by atoms with Gasteiger partial charge in [-0.3, -0.25) is 4.79 Å². The summed E-state index contributed by atoms with van der Waals surface area (Å²) >= 11 is 1.42. The molecule has 6 nitrogen and oxygen atoms in total. The number of carbonyl (C=O) groups excluding carboxylic acids is 1. The molecule has 0 saturated carbocycles. The van der Waals surface area contributed by atoms with Gasteiger partial charge in [0, 0.05) is 5.56 Å². The molecule has 0 atom stereocenters. The molecule has 0 fully saturated rings. The minimum atomic E-state index is -4.55. The number of benzene rings is 1. The molecule has 0 aliphatic heterocycles. The summed E-state index contributed by atoms with van der Waals surface area (Å²) < 4.78 is 52.0. The van der Waals surface area contributed by atoms with Gasteiger partial charge in [0.2, 0.25) is 5.91 Å². The number of aromatic nitrogens is 3. The first kappa shape index (κ1) is 19.9. The van der Waals surface area contributed by atoms with E-state index >= 15 is 0 Å². The fourth-order valence-corrected chi connectivity index (χ4v) is 3.06. The maximum atomic E-state index is 14.2. The lowest BCUT2D eigenvalue weighted by Gasteiger charge is -2.26. The summed E-state index contributed by atoms with van der Waals surface area (Å²) in [5.41, 5.74) is 1.56. The number of hydrogen-bond donors (Lipinski definition) is 2. The number of fused-ring (bicyclic) bond motifs is 1. The molecule has 2 aromatic heterocycles. The lowest BCUT2D eigenvalue weighted by Crippen LogP contribution is -2.50. The van der Waals surface area contributed by atoms with E-state index in [1.807, 2.05) is 0 Å². The number of nitrogens with zero attached hydrogens (tertiary/aromatic N) is 3. The first-order chi connectivity index (χ1) is 13.0. The van der Waals surface area contributed by atoms with Crippen LogP contribution in [0, 0.1) is 5.82 Å². The fourth-order valence-electron chi connectivity index (χ4n) is 2.34. The number of alkyl halides is 3. The zero-order valence-electron chi connectivity index (χ0n) is 14.8. The average Bonchev–Trinajstić information content (AvgIpc) is 3.08. The topological polar surface area (TPSA) is 79.8 Å². The Morgan fingerprint density at radius 1 is 1.21 bits per heavy atom. The molecule has 148 valence electrons. The van der Waals surface area contributed by atoms with Gasteiger partial charge in [-0.25, -0.2) is 19.3 Å². The SMILES string of the molecule is CC(C)(Nc1nc(-c2ccc3ncsc3c2)ncc1F)C(=O)NCC(F)(F)F. The van der Waals surface area contributed by atoms with Crippen molar-refractivity contribution in [3.05, 3.63) is 35.7 Å². The minimum Gasteiger partial charge on any atom is -0.354 e. The highest BCUT2D eigenvalue weighted by Gasteiger charge is 2.33. The van der Waals surface area contributed by atoms with E-state index in [4.69, 9.17) is 0 Å². The van der Waals surface area contributed by atoms with Crippen molar-refractivity contribution < 1.29 is 22.4 Å². The van der Waals surface area contributed by atoms with E-state index in [0.717, 1.165) is 16.4 Å². The molecule has 2 heterocycles. The molecule has 1 amide bonds. The molecule has 0 bridgehead atoms. The summed E-state index contributed by atoms with van der Waals surface area (Å²) in [6.45, 7) is 1.16. The van der Waals surface area contributed by atoms with Crippen LogP contribution in [0.5, 0.6) is 0 Å². The standard InChI is InChI=1S/C17H15F4N5OS/c1-16(2,15(27)23-7-17(19,20)21)26-14-10(18)6-22-13(25-14)9-3-4-11-12(5-9)28-8-24-11/h3-6,8H,7H2,1-2H3,(H,23,27)(H,22,25,26). The van der Waals surface area contributed by atoms with Crippen LogP contribution in [0.25, 0.3) is 21.6 Å². The number of nitrogens with one attached hydrogen (secondary N) is 2. The van der Waals surface area contributed by atoms with Crippen molar-refractivity contribution in [1.82, 2.24) is 20.3 Å². The smallest absolute Gasteiger partial charge is 0.354 e. The maximum absolute atomic E-state index is 14.2. The number of carbonyl (C=O) groups is 1. The summed E-state index contributed by atoms with van der Waals surface area (Å²) in [4.78, 5) is 24.3. The molecular formula is C17H15F4N5OS. The lowest BCUT2D eigenvalue weighted by atomic mass is 10.0. The molecular weight excluding hydrogens is 398 g/mol. The Morgan fingerprint density at radius 2 is 1.96 bits per heavy atom. The second kappa shape index (κ2) is 7.30. The van der Waals surface area contributed by atoms with Gasteiger partial charge < -0.3 is 10.6 Å². The zero-order chi connectivity index (χ0) is 20.5. The summed E-state index contributed by atoms with van der Waals surface area (Å²) in [5.74, 6) is -1.87. The molecule has 11 heteroatoms. The third-order valence-corrected chi connectivity index (χ3v) is 4.57. The third-order valence-electron chi connectivity index (χ3n) is 3.78. The van der Waals surface area contributed by atoms with Crippen molar-refractivity contribution >= 4 is 33.3 Å². The van der Waals surface area contributed by atoms with Gasteiger partial charge in [0.05, 0.1) is 21.9 Å². The van der Waals surface area contributed by atoms with Crippen LogP contribution in [-0.4, -0.2) is 39.1 Å². The number of anilines is 1. The van der Waals surface area contributed by atoms with E-state index < -0.39 is 30.0 Å². The Balaban J connectivity index is 1.83. The summed E-state index contributed by atoms with van der Waals surface area (Å²) in [6, 6.07) is 5.29. The Hall–Kier alpha value is -2.82. The molecule has 3 aromatic rings. The van der Waals surface area contributed by atoms with E-state index in [9.17, 15) is 22.4 Å². The van der Waals surface area contributed by atoms with Gasteiger partial charge >= 0.3 is 6.18 Å². The largest absolute Gasteiger partial charge is 0.405 e. The molecule has 0 unspecified atom stereocenters. The van der Waals surface area contributed by atoms with Gasteiger partial charge in [0.15, 0.2) is 17.5 Å². The second-order valence-corrected chi connectivity index (χ2v) is 7.36. The van der Waals surface area contributed by atoms with Crippen molar-refractivity contribution in [1.29, 1.82) is 0 Å². The van der Waals surface area contributed by atoms with Crippen LogP contribution in [-0.2, 0) is 4.79 Å². The van der Waals surface area contributed by atoms with Crippen LogP contribution in [0.4, 0.5) is 23.4 Å². The molecule has 3 rings (SSSR count). The first-order valence-corrected chi connectivity index (χ1v) is 8.92. The Kier molecular flexibility index (Phi) is 5.20. The van der Waals surface area contributed by atoms with E-state index in [2.05, 4.69) is 20.3 Å². The van der Waals surface area contributed by atoms with Crippen LogP contribution < -0.4 is 10.6 Å². The van der Waals surface area contributed by atoms with Crippen LogP contribution >= 0.6 is 11.3 Å². The van der Waals surface area contributed by atoms with Gasteiger partial charge in [0.25, 0.3) is 0 Å². The van der Waals surface area contributed by atoms with Gasteiger partial charge in [-0.05, 0) is 32.0 Å². The Bertz CT molecular complexity index is 1020. The lowest BCUT2D eigenvalue weighted by molar-refractivity contribution is -0.140. The molecule has 0 spiro atoms. The Morgan fingerprint density at radius 3 is 2.68 bits per heavy atom. The number of halogens is 4. The van der Waals surface area contributed by atoms with E-state index in [1.54, 1.807) is 29.0 Å². The molecule has 0 aliphatic carbocycles. The summed E-state index contributed by atoms with van der Waals surface area (Å²) in [6.07, 6.45) is -3.61. The predicted molar refractivity (Wildman–Crippen MR) is 97.4 cm³/mol. The van der Waals surface area contributed by atoms with Gasteiger partial charge in [-0.2, -0.15) is 13.2 Å². The van der Waals surface area contributed by atoms with Crippen LogP contribution in [0.2, 0.25) is 0 Å².